The molecule has 1 nitrogen and oxygen atoms in total. The highest BCUT2D eigenvalue weighted by Gasteiger charge is 2.07. The molecule has 0 unspecified atom stereocenters. The van der Waals surface area contributed by atoms with Crippen LogP contribution in [-0.4, -0.2) is 6.29 Å². The predicted octanol–water partition coefficient (Wildman–Crippen LogP) is 4.13. The van der Waals surface area contributed by atoms with Gasteiger partial charge >= 0.3 is 0 Å². The van der Waals surface area contributed by atoms with E-state index in [9.17, 15) is 9.18 Å². The molecule has 0 aliphatic rings. The average molecular weight is 285 g/mol. The zero-order chi connectivity index (χ0) is 10.8. The largest absolute Gasteiger partial charge is 0.298 e. The molecule has 0 bridgehead atoms. The first-order valence-electron chi connectivity index (χ1n) is 4.20. The van der Waals surface area contributed by atoms with Crippen molar-refractivity contribution in [3.05, 3.63) is 45.5 Å². The van der Waals surface area contributed by atoms with Crippen molar-refractivity contribution in [2.24, 2.45) is 0 Å². The fraction of sp³-hybridized carbons (Fsp3) is 0. The van der Waals surface area contributed by atoms with Crippen LogP contribution in [-0.2, 0) is 0 Å². The number of hydrogen-bond donors (Lipinski definition) is 0. The van der Waals surface area contributed by atoms with E-state index in [1.807, 2.05) is 11.4 Å². The number of halogens is 2. The Hall–Kier alpha value is -1.00. The van der Waals surface area contributed by atoms with Crippen LogP contribution in [0.3, 0.4) is 0 Å². The van der Waals surface area contributed by atoms with Gasteiger partial charge in [0.2, 0.25) is 0 Å². The highest BCUT2D eigenvalue weighted by molar-refractivity contribution is 9.10. The number of carbonyl (C=O) groups excluding carboxylic acids is 1. The van der Waals surface area contributed by atoms with Gasteiger partial charge in [-0.15, -0.1) is 11.3 Å². The number of carbonyl (C=O) groups is 1. The number of benzene rings is 1. The van der Waals surface area contributed by atoms with Gasteiger partial charge < -0.3 is 0 Å². The lowest BCUT2D eigenvalue weighted by Crippen LogP contribution is -1.87. The normalized spacial score (nSPS) is 10.3. The first kappa shape index (κ1) is 10.5. The van der Waals surface area contributed by atoms with Crippen molar-refractivity contribution in [3.8, 4) is 10.4 Å². The summed E-state index contributed by atoms with van der Waals surface area (Å²) in [7, 11) is 0. The number of aldehydes is 1. The summed E-state index contributed by atoms with van der Waals surface area (Å²) >= 11 is 4.94. The van der Waals surface area contributed by atoms with E-state index in [1.165, 1.54) is 6.07 Å². The van der Waals surface area contributed by atoms with E-state index in [-0.39, 0.29) is 5.56 Å². The van der Waals surface area contributed by atoms with Crippen LogP contribution in [0.2, 0.25) is 0 Å². The quantitative estimate of drug-likeness (QED) is 0.758. The highest BCUT2D eigenvalue weighted by Crippen LogP contribution is 2.33. The molecule has 0 fully saturated rings. The number of hydrogen-bond acceptors (Lipinski definition) is 2. The molecule has 2 rings (SSSR count). The Bertz CT molecular complexity index is 507. The maximum atomic E-state index is 13.1. The molecule has 2 aromatic rings. The van der Waals surface area contributed by atoms with E-state index in [2.05, 4.69) is 15.9 Å². The molecule has 0 N–H and O–H groups in total. The van der Waals surface area contributed by atoms with Gasteiger partial charge in [0.25, 0.3) is 0 Å². The van der Waals surface area contributed by atoms with Gasteiger partial charge in [-0.3, -0.25) is 4.79 Å². The van der Waals surface area contributed by atoms with Gasteiger partial charge in [0, 0.05) is 9.35 Å². The molecule has 1 heterocycles. The molecule has 0 aliphatic heterocycles. The minimum atomic E-state index is -0.485. The maximum Gasteiger partial charge on any atom is 0.153 e. The first-order valence-corrected chi connectivity index (χ1v) is 5.87. The molecule has 1 aromatic carbocycles. The Kier molecular flexibility index (Phi) is 2.98. The maximum absolute atomic E-state index is 13.1. The lowest BCUT2D eigenvalue weighted by Gasteiger charge is -2.01. The average Bonchev–Trinajstić information content (AvgIpc) is 2.65. The van der Waals surface area contributed by atoms with Crippen molar-refractivity contribution in [3.63, 3.8) is 0 Å². The summed E-state index contributed by atoms with van der Waals surface area (Å²) in [5.41, 5.74) is 0.938. The Morgan fingerprint density at radius 1 is 1.33 bits per heavy atom. The van der Waals surface area contributed by atoms with Crippen LogP contribution in [0, 0.1) is 5.82 Å². The second-order valence-electron chi connectivity index (χ2n) is 2.95. The van der Waals surface area contributed by atoms with Crippen LogP contribution in [0.5, 0.6) is 0 Å². The van der Waals surface area contributed by atoms with E-state index >= 15 is 0 Å². The van der Waals surface area contributed by atoms with Crippen LogP contribution in [0.15, 0.2) is 34.1 Å². The van der Waals surface area contributed by atoms with Crippen LogP contribution in [0.1, 0.15) is 10.4 Å². The molecule has 0 saturated heterocycles. The third-order valence-electron chi connectivity index (χ3n) is 2.00. The summed E-state index contributed by atoms with van der Waals surface area (Å²) in [4.78, 5) is 11.6. The lowest BCUT2D eigenvalue weighted by molar-refractivity contribution is 0.112. The van der Waals surface area contributed by atoms with Gasteiger partial charge in [-0.2, -0.15) is 0 Å². The fourth-order valence-electron chi connectivity index (χ4n) is 1.28. The van der Waals surface area contributed by atoms with Crippen molar-refractivity contribution >= 4 is 33.6 Å². The fourth-order valence-corrected chi connectivity index (χ4v) is 2.88. The summed E-state index contributed by atoms with van der Waals surface area (Å²) in [6.07, 6.45) is 0.528. The number of thiophene rings is 1. The molecular formula is C11H6BrFOS. The van der Waals surface area contributed by atoms with Crippen LogP contribution in [0.4, 0.5) is 4.39 Å². The van der Waals surface area contributed by atoms with E-state index in [1.54, 1.807) is 23.5 Å². The second kappa shape index (κ2) is 4.24. The Morgan fingerprint density at radius 2 is 2.13 bits per heavy atom. The van der Waals surface area contributed by atoms with Gasteiger partial charge in [0.15, 0.2) is 6.29 Å². The summed E-state index contributed by atoms with van der Waals surface area (Å²) in [6.45, 7) is 0. The number of rotatable bonds is 2. The molecule has 15 heavy (non-hydrogen) atoms. The van der Waals surface area contributed by atoms with Gasteiger partial charge in [-0.25, -0.2) is 4.39 Å². The molecule has 0 amide bonds. The standard InChI is InChI=1S/C11H6BrFOS/c12-9-3-4-15-11(9)7-1-2-10(13)8(5-7)6-14/h1-6H. The minimum absolute atomic E-state index is 0.0906. The Balaban J connectivity index is 2.55. The zero-order valence-corrected chi connectivity index (χ0v) is 9.94. The zero-order valence-electron chi connectivity index (χ0n) is 7.54. The topological polar surface area (TPSA) is 17.1 Å². The third kappa shape index (κ3) is 2.01. The Labute approximate surface area is 98.7 Å². The van der Waals surface area contributed by atoms with Crippen LogP contribution < -0.4 is 0 Å². The molecule has 4 heteroatoms. The van der Waals surface area contributed by atoms with E-state index < -0.39 is 5.82 Å². The highest BCUT2D eigenvalue weighted by atomic mass is 79.9. The van der Waals surface area contributed by atoms with Crippen molar-refractivity contribution < 1.29 is 9.18 Å². The molecule has 1 aromatic heterocycles. The van der Waals surface area contributed by atoms with Crippen molar-refractivity contribution in [1.82, 2.24) is 0 Å². The van der Waals surface area contributed by atoms with Crippen molar-refractivity contribution in [1.29, 1.82) is 0 Å². The van der Waals surface area contributed by atoms with Gasteiger partial charge in [0.1, 0.15) is 5.82 Å². The van der Waals surface area contributed by atoms with Crippen molar-refractivity contribution in [2.75, 3.05) is 0 Å². The third-order valence-corrected chi connectivity index (χ3v) is 3.89. The summed E-state index contributed by atoms with van der Waals surface area (Å²) in [5, 5.41) is 1.93. The monoisotopic (exact) mass is 284 g/mol. The van der Waals surface area contributed by atoms with E-state index in [4.69, 9.17) is 0 Å². The molecule has 0 atom stereocenters. The first-order chi connectivity index (χ1) is 7.22. The molecule has 0 spiro atoms. The van der Waals surface area contributed by atoms with E-state index in [0.29, 0.717) is 6.29 Å². The summed E-state index contributed by atoms with van der Waals surface area (Å²) in [5.74, 6) is -0.485. The SMILES string of the molecule is O=Cc1cc(-c2sccc2Br)ccc1F. The molecule has 76 valence electrons. The minimum Gasteiger partial charge on any atom is -0.298 e. The van der Waals surface area contributed by atoms with Crippen LogP contribution >= 0.6 is 27.3 Å². The molecule has 0 aliphatic carbocycles. The predicted molar refractivity (Wildman–Crippen MR) is 62.8 cm³/mol. The second-order valence-corrected chi connectivity index (χ2v) is 4.72. The molecule has 0 radical (unpaired) electrons. The Morgan fingerprint density at radius 3 is 2.73 bits per heavy atom. The molecule has 0 saturated carbocycles. The lowest BCUT2D eigenvalue weighted by atomic mass is 10.1. The van der Waals surface area contributed by atoms with E-state index in [0.717, 1.165) is 14.9 Å². The van der Waals surface area contributed by atoms with Crippen molar-refractivity contribution in [2.45, 2.75) is 0 Å². The molecular weight excluding hydrogens is 279 g/mol. The van der Waals surface area contributed by atoms with Gasteiger partial charge in [-0.1, -0.05) is 6.07 Å². The van der Waals surface area contributed by atoms with Gasteiger partial charge in [0.05, 0.1) is 5.56 Å². The van der Waals surface area contributed by atoms with Gasteiger partial charge in [-0.05, 0) is 45.1 Å². The summed E-state index contributed by atoms with van der Waals surface area (Å²) < 4.78 is 14.0. The smallest absolute Gasteiger partial charge is 0.153 e. The summed E-state index contributed by atoms with van der Waals surface area (Å²) in [6, 6.07) is 6.45. The van der Waals surface area contributed by atoms with Crippen LogP contribution in [0.25, 0.3) is 10.4 Å².